The minimum atomic E-state index is -0.0149. The predicted molar refractivity (Wildman–Crippen MR) is 68.1 cm³/mol. The summed E-state index contributed by atoms with van der Waals surface area (Å²) in [6.07, 6.45) is 5.29. The summed E-state index contributed by atoms with van der Waals surface area (Å²) in [5, 5.41) is 3.41. The highest BCUT2D eigenvalue weighted by molar-refractivity contribution is 5.93. The van der Waals surface area contributed by atoms with E-state index >= 15 is 0 Å². The summed E-state index contributed by atoms with van der Waals surface area (Å²) in [5.74, 6) is 0.835. The van der Waals surface area contributed by atoms with Crippen LogP contribution in [0.1, 0.15) is 36.5 Å². The number of pyridine rings is 1. The number of nitrogens with zero attached hydrogens (tertiary/aromatic N) is 2. The molecule has 1 aliphatic carbocycles. The molecule has 0 spiro atoms. The Morgan fingerprint density at radius 3 is 2.53 bits per heavy atom. The van der Waals surface area contributed by atoms with E-state index in [-0.39, 0.29) is 11.4 Å². The maximum Gasteiger partial charge on any atom is 0.254 e. The number of nitrogens with one attached hydrogen (secondary N) is 1. The van der Waals surface area contributed by atoms with Crippen molar-refractivity contribution in [3.63, 3.8) is 0 Å². The molecule has 0 aliphatic heterocycles. The molecule has 0 unspecified atom stereocenters. The zero-order valence-electron chi connectivity index (χ0n) is 10.7. The molecule has 0 aromatic carbocycles. The van der Waals surface area contributed by atoms with Crippen molar-refractivity contribution < 1.29 is 4.79 Å². The highest BCUT2D eigenvalue weighted by Crippen LogP contribution is 2.34. The Morgan fingerprint density at radius 1 is 1.41 bits per heavy atom. The van der Waals surface area contributed by atoms with E-state index in [0.717, 1.165) is 5.82 Å². The van der Waals surface area contributed by atoms with Crippen LogP contribution in [-0.4, -0.2) is 35.4 Å². The molecule has 1 aliphatic rings. The molecular formula is C13H19N3O. The number of amides is 1. The summed E-state index contributed by atoms with van der Waals surface area (Å²) in [6.45, 7) is 2.21. The van der Waals surface area contributed by atoms with Crippen molar-refractivity contribution in [2.75, 3.05) is 19.4 Å². The molecule has 92 valence electrons. The van der Waals surface area contributed by atoms with Crippen LogP contribution in [0.25, 0.3) is 0 Å². The molecule has 1 fully saturated rings. The number of aromatic nitrogens is 1. The van der Waals surface area contributed by atoms with Crippen LogP contribution in [0.2, 0.25) is 0 Å². The summed E-state index contributed by atoms with van der Waals surface area (Å²) in [7, 11) is 3.48. The maximum atomic E-state index is 11.7. The molecule has 1 saturated carbocycles. The van der Waals surface area contributed by atoms with Crippen molar-refractivity contribution in [1.82, 2.24) is 9.88 Å². The number of hydrogen-bond donors (Lipinski definition) is 1. The van der Waals surface area contributed by atoms with Crippen LogP contribution in [0.4, 0.5) is 5.82 Å². The van der Waals surface area contributed by atoms with E-state index < -0.39 is 0 Å². The second kappa shape index (κ2) is 4.35. The van der Waals surface area contributed by atoms with Gasteiger partial charge in [-0.1, -0.05) is 0 Å². The Balaban J connectivity index is 2.05. The lowest BCUT2D eigenvalue weighted by molar-refractivity contribution is 0.0827. The van der Waals surface area contributed by atoms with Gasteiger partial charge in [-0.05, 0) is 38.3 Å². The lowest BCUT2D eigenvalue weighted by Crippen LogP contribution is -2.41. The van der Waals surface area contributed by atoms with Gasteiger partial charge in [0.05, 0.1) is 5.56 Å². The van der Waals surface area contributed by atoms with E-state index in [1.54, 1.807) is 25.2 Å². The first kappa shape index (κ1) is 11.9. The molecule has 4 nitrogen and oxygen atoms in total. The lowest BCUT2D eigenvalue weighted by Gasteiger charge is -2.39. The molecule has 4 heteroatoms. The fourth-order valence-corrected chi connectivity index (χ4v) is 1.99. The van der Waals surface area contributed by atoms with Crippen LogP contribution in [-0.2, 0) is 0 Å². The van der Waals surface area contributed by atoms with Crippen molar-refractivity contribution in [2.45, 2.75) is 31.7 Å². The smallest absolute Gasteiger partial charge is 0.254 e. The third kappa shape index (κ3) is 2.57. The summed E-state index contributed by atoms with van der Waals surface area (Å²) < 4.78 is 0. The SMILES string of the molecule is CN(C)C(=O)c1ccc(NC2(C)CCC2)nc1. The van der Waals surface area contributed by atoms with Gasteiger partial charge in [0.25, 0.3) is 5.91 Å². The van der Waals surface area contributed by atoms with Crippen molar-refractivity contribution in [3.8, 4) is 0 Å². The zero-order chi connectivity index (χ0) is 12.5. The van der Waals surface area contributed by atoms with Crippen molar-refractivity contribution in [1.29, 1.82) is 0 Å². The monoisotopic (exact) mass is 233 g/mol. The van der Waals surface area contributed by atoms with Crippen LogP contribution in [0.3, 0.4) is 0 Å². The van der Waals surface area contributed by atoms with Gasteiger partial charge in [-0.3, -0.25) is 4.79 Å². The first-order chi connectivity index (χ1) is 8.00. The van der Waals surface area contributed by atoms with Gasteiger partial charge >= 0.3 is 0 Å². The molecule has 1 aromatic rings. The summed E-state index contributed by atoms with van der Waals surface area (Å²) in [4.78, 5) is 17.5. The molecule has 1 amide bonds. The maximum absolute atomic E-state index is 11.7. The Labute approximate surface area is 102 Å². The average molecular weight is 233 g/mol. The van der Waals surface area contributed by atoms with Gasteiger partial charge in [0.2, 0.25) is 0 Å². The summed E-state index contributed by atoms with van der Waals surface area (Å²) in [6, 6.07) is 3.69. The van der Waals surface area contributed by atoms with Crippen molar-refractivity contribution in [3.05, 3.63) is 23.9 Å². The average Bonchev–Trinajstić information content (AvgIpc) is 2.27. The van der Waals surface area contributed by atoms with E-state index in [1.165, 1.54) is 19.3 Å². The number of carbonyl (C=O) groups excluding carboxylic acids is 1. The Kier molecular flexibility index (Phi) is 3.05. The molecule has 0 atom stereocenters. The van der Waals surface area contributed by atoms with Crippen molar-refractivity contribution >= 4 is 11.7 Å². The molecule has 17 heavy (non-hydrogen) atoms. The number of rotatable bonds is 3. The number of anilines is 1. The normalized spacial score (nSPS) is 17.1. The Bertz CT molecular complexity index is 407. The molecule has 1 aromatic heterocycles. The molecule has 2 rings (SSSR count). The molecule has 0 radical (unpaired) electrons. The van der Waals surface area contributed by atoms with E-state index in [2.05, 4.69) is 17.2 Å². The largest absolute Gasteiger partial charge is 0.365 e. The standard InChI is InChI=1S/C13H19N3O/c1-13(7-4-8-13)15-11-6-5-10(9-14-11)12(17)16(2)3/h5-6,9H,4,7-8H2,1-3H3,(H,14,15). The molecule has 1 N–H and O–H groups in total. The highest BCUT2D eigenvalue weighted by Gasteiger charge is 2.31. The van der Waals surface area contributed by atoms with E-state index in [4.69, 9.17) is 0 Å². The van der Waals surface area contributed by atoms with Gasteiger partial charge in [-0.2, -0.15) is 0 Å². The van der Waals surface area contributed by atoms with Crippen LogP contribution in [0, 0.1) is 0 Å². The second-order valence-electron chi connectivity index (χ2n) is 5.17. The first-order valence-corrected chi connectivity index (χ1v) is 5.96. The molecule has 0 saturated heterocycles. The van der Waals surface area contributed by atoms with E-state index in [9.17, 15) is 4.79 Å². The van der Waals surface area contributed by atoms with E-state index in [1.807, 2.05) is 12.1 Å². The fourth-order valence-electron chi connectivity index (χ4n) is 1.99. The topological polar surface area (TPSA) is 45.2 Å². The zero-order valence-corrected chi connectivity index (χ0v) is 10.7. The summed E-state index contributed by atoms with van der Waals surface area (Å²) in [5.41, 5.74) is 0.819. The molecule has 0 bridgehead atoms. The Hall–Kier alpha value is -1.58. The molecule has 1 heterocycles. The minimum absolute atomic E-state index is 0.0149. The highest BCUT2D eigenvalue weighted by atomic mass is 16.2. The van der Waals surface area contributed by atoms with Gasteiger partial charge in [-0.25, -0.2) is 4.98 Å². The minimum Gasteiger partial charge on any atom is -0.365 e. The van der Waals surface area contributed by atoms with Gasteiger partial charge in [0.1, 0.15) is 5.82 Å². The number of carbonyl (C=O) groups is 1. The first-order valence-electron chi connectivity index (χ1n) is 5.96. The quantitative estimate of drug-likeness (QED) is 0.870. The van der Waals surface area contributed by atoms with Crippen LogP contribution >= 0.6 is 0 Å². The fraction of sp³-hybridized carbons (Fsp3) is 0.538. The third-order valence-corrected chi connectivity index (χ3v) is 3.30. The van der Waals surface area contributed by atoms with Crippen LogP contribution < -0.4 is 5.32 Å². The van der Waals surface area contributed by atoms with E-state index in [0.29, 0.717) is 5.56 Å². The van der Waals surface area contributed by atoms with Crippen LogP contribution in [0.5, 0.6) is 0 Å². The predicted octanol–water partition coefficient (Wildman–Crippen LogP) is 2.14. The number of hydrogen-bond acceptors (Lipinski definition) is 3. The van der Waals surface area contributed by atoms with Crippen LogP contribution in [0.15, 0.2) is 18.3 Å². The summed E-state index contributed by atoms with van der Waals surface area (Å²) >= 11 is 0. The Morgan fingerprint density at radius 2 is 2.12 bits per heavy atom. The molecular weight excluding hydrogens is 214 g/mol. The van der Waals surface area contributed by atoms with Gasteiger partial charge in [-0.15, -0.1) is 0 Å². The van der Waals surface area contributed by atoms with Gasteiger partial charge in [0, 0.05) is 25.8 Å². The van der Waals surface area contributed by atoms with Gasteiger partial charge < -0.3 is 10.2 Å². The van der Waals surface area contributed by atoms with Gasteiger partial charge in [0.15, 0.2) is 0 Å². The lowest BCUT2D eigenvalue weighted by atomic mass is 9.78. The van der Waals surface area contributed by atoms with Crippen molar-refractivity contribution in [2.24, 2.45) is 0 Å². The second-order valence-corrected chi connectivity index (χ2v) is 5.17. The third-order valence-electron chi connectivity index (χ3n) is 3.30.